The molecule has 0 aliphatic carbocycles. The Kier molecular flexibility index (Phi) is 8.03. The fraction of sp³-hybridized carbons (Fsp3) is 0.500. The van der Waals surface area contributed by atoms with Crippen LogP contribution in [0, 0.1) is 0 Å². The molecule has 0 aromatic heterocycles. The van der Waals surface area contributed by atoms with E-state index in [-0.39, 0.29) is 16.6 Å². The van der Waals surface area contributed by atoms with E-state index in [9.17, 15) is 9.59 Å². The summed E-state index contributed by atoms with van der Waals surface area (Å²) in [6, 6.07) is 6.31. The number of anilines is 1. The highest BCUT2D eigenvalue weighted by atomic mass is 32.2. The standard InChI is InChI=1S/C16H25N3O4S/c1-19(24-2,10-4-3-5-14(18)15(20)21)16(22)23-11-12-6-8-13(17)9-7-12/h6-9,14H,3-5,10-11,17-18H2,1-2H3/p+1. The van der Waals surface area contributed by atoms with E-state index in [4.69, 9.17) is 21.3 Å². The van der Waals surface area contributed by atoms with Crippen molar-refractivity contribution >= 4 is 29.7 Å². The Hall–Kier alpha value is -1.77. The van der Waals surface area contributed by atoms with Crippen LogP contribution in [0.4, 0.5) is 10.5 Å². The summed E-state index contributed by atoms with van der Waals surface area (Å²) in [7, 11) is 1.78. The van der Waals surface area contributed by atoms with E-state index in [2.05, 4.69) is 0 Å². The van der Waals surface area contributed by atoms with E-state index in [0.29, 0.717) is 31.5 Å². The molecule has 0 saturated heterocycles. The third-order valence-corrected chi connectivity index (χ3v) is 4.94. The summed E-state index contributed by atoms with van der Waals surface area (Å²) < 4.78 is 5.46. The van der Waals surface area contributed by atoms with Crippen LogP contribution in [-0.4, -0.2) is 46.9 Å². The first kappa shape index (κ1) is 20.3. The normalized spacial score (nSPS) is 14.6. The molecule has 134 valence electrons. The lowest BCUT2D eigenvalue weighted by atomic mass is 10.1. The molecule has 1 amide bonds. The van der Waals surface area contributed by atoms with Crippen molar-refractivity contribution in [2.45, 2.75) is 31.9 Å². The number of hydrogen-bond acceptors (Lipinski definition) is 6. The van der Waals surface area contributed by atoms with Crippen LogP contribution in [0.25, 0.3) is 0 Å². The molecule has 0 radical (unpaired) electrons. The van der Waals surface area contributed by atoms with Crippen molar-refractivity contribution in [1.82, 2.24) is 0 Å². The zero-order valence-electron chi connectivity index (χ0n) is 14.1. The van der Waals surface area contributed by atoms with Gasteiger partial charge in [-0.05, 0) is 37.0 Å². The maximum atomic E-state index is 12.4. The molecule has 0 saturated carbocycles. The van der Waals surface area contributed by atoms with E-state index in [0.717, 1.165) is 5.56 Å². The third-order valence-electron chi connectivity index (χ3n) is 3.80. The lowest BCUT2D eigenvalue weighted by Crippen LogP contribution is -2.43. The van der Waals surface area contributed by atoms with Gasteiger partial charge in [0, 0.05) is 11.9 Å². The molecule has 0 fully saturated rings. The number of nitrogens with two attached hydrogens (primary N) is 2. The fourth-order valence-corrected chi connectivity index (χ4v) is 2.57. The molecular weight excluding hydrogens is 330 g/mol. The molecule has 1 aromatic rings. The smallest absolute Gasteiger partial charge is 0.480 e. The average Bonchev–Trinajstić information content (AvgIpc) is 2.57. The molecule has 24 heavy (non-hydrogen) atoms. The molecule has 0 heterocycles. The minimum Gasteiger partial charge on any atom is -0.480 e. The van der Waals surface area contributed by atoms with Crippen LogP contribution in [0.5, 0.6) is 0 Å². The number of aliphatic carboxylic acids is 1. The van der Waals surface area contributed by atoms with Gasteiger partial charge in [0.05, 0.1) is 25.5 Å². The van der Waals surface area contributed by atoms with Crippen molar-refractivity contribution in [3.63, 3.8) is 0 Å². The van der Waals surface area contributed by atoms with Gasteiger partial charge in [0.25, 0.3) is 0 Å². The number of nitrogens with zero attached hydrogens (tertiary/aromatic N) is 1. The third kappa shape index (κ3) is 6.38. The molecule has 5 N–H and O–H groups in total. The monoisotopic (exact) mass is 356 g/mol. The van der Waals surface area contributed by atoms with Crippen molar-refractivity contribution in [2.75, 3.05) is 25.6 Å². The molecule has 1 aromatic carbocycles. The quantitative estimate of drug-likeness (QED) is 0.269. The van der Waals surface area contributed by atoms with Crippen LogP contribution in [0.3, 0.4) is 0 Å². The zero-order valence-corrected chi connectivity index (χ0v) is 14.9. The number of hydrogen-bond donors (Lipinski definition) is 3. The Morgan fingerprint density at radius 2 is 1.92 bits per heavy atom. The fourth-order valence-electron chi connectivity index (χ4n) is 2.05. The van der Waals surface area contributed by atoms with Crippen molar-refractivity contribution in [3.05, 3.63) is 29.8 Å². The maximum absolute atomic E-state index is 12.4. The lowest BCUT2D eigenvalue weighted by molar-refractivity contribution is -0.696. The summed E-state index contributed by atoms with van der Waals surface area (Å²) >= 11 is 1.38. The van der Waals surface area contributed by atoms with Gasteiger partial charge in [0.2, 0.25) is 0 Å². The Morgan fingerprint density at radius 1 is 1.29 bits per heavy atom. The predicted molar refractivity (Wildman–Crippen MR) is 95.1 cm³/mol. The van der Waals surface area contributed by atoms with Crippen molar-refractivity contribution in [3.8, 4) is 0 Å². The predicted octanol–water partition coefficient (Wildman–Crippen LogP) is 2.21. The van der Waals surface area contributed by atoms with E-state index < -0.39 is 12.0 Å². The summed E-state index contributed by atoms with van der Waals surface area (Å²) in [5.74, 6) is -1.000. The Bertz CT molecular complexity index is 553. The number of amides is 1. The molecule has 0 spiro atoms. The molecule has 1 rings (SSSR count). The SMILES string of the molecule is CS[N+](C)(CCCCC(N)C(=O)O)C(=O)OCc1ccc(N)cc1. The first-order valence-electron chi connectivity index (χ1n) is 7.70. The van der Waals surface area contributed by atoms with Crippen LogP contribution in [-0.2, 0) is 16.1 Å². The molecule has 2 atom stereocenters. The second-order valence-corrected chi connectivity index (χ2v) is 6.91. The van der Waals surface area contributed by atoms with Crippen molar-refractivity contribution in [2.24, 2.45) is 5.73 Å². The highest BCUT2D eigenvalue weighted by molar-refractivity contribution is 7.93. The number of rotatable bonds is 9. The van der Waals surface area contributed by atoms with Gasteiger partial charge < -0.3 is 21.3 Å². The van der Waals surface area contributed by atoms with Gasteiger partial charge >= 0.3 is 12.1 Å². The molecule has 7 nitrogen and oxygen atoms in total. The molecule has 0 bridgehead atoms. The summed E-state index contributed by atoms with van der Waals surface area (Å²) in [4.78, 5) is 23.0. The number of carbonyl (C=O) groups is 2. The summed E-state index contributed by atoms with van der Waals surface area (Å²) in [5.41, 5.74) is 12.6. The molecule has 2 unspecified atom stereocenters. The molecular formula is C16H26N3O4S+. The van der Waals surface area contributed by atoms with Gasteiger partial charge in [-0.1, -0.05) is 12.1 Å². The largest absolute Gasteiger partial charge is 0.528 e. The minimum absolute atomic E-state index is 0.0667. The number of unbranched alkanes of at least 4 members (excludes halogenated alkanes) is 1. The summed E-state index contributed by atoms with van der Waals surface area (Å²) in [6.07, 6.45) is 3.24. The second kappa shape index (κ2) is 9.51. The molecule has 0 aliphatic rings. The van der Waals surface area contributed by atoms with E-state index in [1.807, 2.05) is 18.4 Å². The van der Waals surface area contributed by atoms with Crippen LogP contribution in [0.1, 0.15) is 24.8 Å². The van der Waals surface area contributed by atoms with Gasteiger partial charge in [-0.3, -0.25) is 4.79 Å². The Labute approximate surface area is 146 Å². The number of nitrogen functional groups attached to an aromatic ring is 1. The Morgan fingerprint density at radius 3 is 2.46 bits per heavy atom. The highest BCUT2D eigenvalue weighted by Gasteiger charge is 2.34. The molecule has 8 heteroatoms. The molecule has 0 aliphatic heterocycles. The number of quaternary nitrogens is 1. The van der Waals surface area contributed by atoms with E-state index in [1.165, 1.54) is 11.9 Å². The minimum atomic E-state index is -1.000. The second-order valence-electron chi connectivity index (χ2n) is 5.74. The van der Waals surface area contributed by atoms with E-state index in [1.54, 1.807) is 19.2 Å². The lowest BCUT2D eigenvalue weighted by Gasteiger charge is -2.26. The van der Waals surface area contributed by atoms with Crippen LogP contribution in [0.2, 0.25) is 0 Å². The van der Waals surface area contributed by atoms with Crippen molar-refractivity contribution < 1.29 is 23.3 Å². The number of carboxylic acid groups (broad SMARTS) is 1. The van der Waals surface area contributed by atoms with Gasteiger partial charge in [-0.15, -0.1) is 0 Å². The van der Waals surface area contributed by atoms with Crippen molar-refractivity contribution in [1.29, 1.82) is 0 Å². The van der Waals surface area contributed by atoms with Crippen LogP contribution < -0.4 is 11.5 Å². The first-order valence-corrected chi connectivity index (χ1v) is 8.88. The number of ether oxygens (including phenoxy) is 1. The van der Waals surface area contributed by atoms with Gasteiger partial charge in [0.1, 0.15) is 12.6 Å². The van der Waals surface area contributed by atoms with Gasteiger partial charge in [0.15, 0.2) is 0 Å². The maximum Gasteiger partial charge on any atom is 0.528 e. The topological polar surface area (TPSA) is 116 Å². The van der Waals surface area contributed by atoms with E-state index >= 15 is 0 Å². The summed E-state index contributed by atoms with van der Waals surface area (Å²) in [5, 5.41) is 8.76. The highest BCUT2D eigenvalue weighted by Crippen LogP contribution is 2.22. The Balaban J connectivity index is 2.45. The van der Waals surface area contributed by atoms with Crippen LogP contribution >= 0.6 is 11.9 Å². The van der Waals surface area contributed by atoms with Gasteiger partial charge in [-0.25, -0.2) is 0 Å². The summed E-state index contributed by atoms with van der Waals surface area (Å²) in [6.45, 7) is 0.742. The van der Waals surface area contributed by atoms with Crippen LogP contribution in [0.15, 0.2) is 24.3 Å². The zero-order chi connectivity index (χ0) is 18.2. The number of benzene rings is 1. The number of carboxylic acids is 1. The number of carbonyl (C=O) groups excluding carboxylic acids is 1. The first-order chi connectivity index (χ1) is 11.3. The average molecular weight is 356 g/mol. The van der Waals surface area contributed by atoms with Gasteiger partial charge in [-0.2, -0.15) is 8.68 Å².